The van der Waals surface area contributed by atoms with Crippen LogP contribution in [0.15, 0.2) is 28.7 Å². The number of halogens is 2. The van der Waals surface area contributed by atoms with Gasteiger partial charge in [-0.15, -0.1) is 0 Å². The van der Waals surface area contributed by atoms with Crippen molar-refractivity contribution in [3.63, 3.8) is 0 Å². The topological polar surface area (TPSA) is 4.44 Å². The van der Waals surface area contributed by atoms with Gasteiger partial charge in [-0.2, -0.15) is 0 Å². The van der Waals surface area contributed by atoms with Crippen molar-refractivity contribution in [3.05, 3.63) is 34.3 Å². The average molecular weight is 359 g/mol. The summed E-state index contributed by atoms with van der Waals surface area (Å²) in [6.45, 7) is 1.34. The molecule has 2 atom stereocenters. The van der Waals surface area contributed by atoms with E-state index in [-0.39, 0.29) is 12.4 Å². The Hall–Kier alpha value is -0.0500. The van der Waals surface area contributed by atoms with E-state index in [0.717, 1.165) is 23.7 Å². The second-order valence-corrected chi connectivity index (χ2v) is 7.74. The maximum absolute atomic E-state index is 3.56. The Labute approximate surface area is 137 Å². The van der Waals surface area contributed by atoms with Crippen LogP contribution in [0.4, 0.5) is 0 Å². The number of fused-ring (bicyclic) bond motifs is 3. The molecule has 4 rings (SSSR count). The first-order chi connectivity index (χ1) is 9.15. The zero-order valence-corrected chi connectivity index (χ0v) is 14.8. The summed E-state index contributed by atoms with van der Waals surface area (Å²) >= 11 is 3.56. The van der Waals surface area contributed by atoms with Crippen molar-refractivity contribution < 1.29 is 17.3 Å². The van der Waals surface area contributed by atoms with Gasteiger partial charge in [0, 0.05) is 10.4 Å². The summed E-state index contributed by atoms with van der Waals surface area (Å²) in [5, 5.41) is 0. The lowest BCUT2D eigenvalue weighted by atomic mass is 9.57. The van der Waals surface area contributed by atoms with Gasteiger partial charge < -0.3 is 17.3 Å². The summed E-state index contributed by atoms with van der Waals surface area (Å²) in [7, 11) is 4.61. The maximum atomic E-state index is 3.56. The Bertz CT molecular complexity index is 423. The standard InChI is InChI=1S/C17H24BrN.ClH/c1-19(2)11-16-12-3-5-13(6-4-12)17(16)14-7-9-15(18)10-8-14;/h7-10,12-13,16-17H,3-6,11H2,1-2H3;1H/t12?,13?,16-,17?;/m1./s1. The first-order valence-corrected chi connectivity index (χ1v) is 8.49. The van der Waals surface area contributed by atoms with Crippen LogP contribution in [0.5, 0.6) is 0 Å². The van der Waals surface area contributed by atoms with Gasteiger partial charge in [0.2, 0.25) is 0 Å². The molecule has 2 bridgehead atoms. The highest BCUT2D eigenvalue weighted by atomic mass is 79.9. The molecule has 3 fully saturated rings. The third-order valence-corrected chi connectivity index (χ3v) is 5.82. The summed E-state index contributed by atoms with van der Waals surface area (Å²) in [6.07, 6.45) is 5.89. The number of rotatable bonds is 3. The number of quaternary nitrogens is 1. The second kappa shape index (κ2) is 6.81. The fourth-order valence-corrected chi connectivity index (χ4v) is 4.81. The number of hydrogen-bond donors (Lipinski definition) is 1. The molecule has 1 aromatic carbocycles. The van der Waals surface area contributed by atoms with E-state index in [1.807, 2.05) is 0 Å². The number of nitrogens with one attached hydrogen (secondary N) is 1. The largest absolute Gasteiger partial charge is 1.00 e. The smallest absolute Gasteiger partial charge is 0.0804 e. The summed E-state index contributed by atoms with van der Waals surface area (Å²) in [5.41, 5.74) is 1.59. The molecule has 1 nitrogen and oxygen atoms in total. The van der Waals surface area contributed by atoms with E-state index >= 15 is 0 Å². The Kier molecular flexibility index (Phi) is 5.56. The van der Waals surface area contributed by atoms with E-state index < -0.39 is 0 Å². The Morgan fingerprint density at radius 1 is 1.00 bits per heavy atom. The van der Waals surface area contributed by atoms with E-state index in [2.05, 4.69) is 54.3 Å². The molecule has 0 aliphatic heterocycles. The molecule has 3 saturated carbocycles. The van der Waals surface area contributed by atoms with E-state index in [9.17, 15) is 0 Å². The third-order valence-electron chi connectivity index (χ3n) is 5.29. The van der Waals surface area contributed by atoms with Gasteiger partial charge in [0.15, 0.2) is 0 Å². The predicted octanol–water partition coefficient (Wildman–Crippen LogP) is 0.117. The van der Waals surface area contributed by atoms with Crippen LogP contribution in [0.2, 0.25) is 0 Å². The minimum Gasteiger partial charge on any atom is -1.00 e. The molecule has 1 aromatic rings. The highest BCUT2D eigenvalue weighted by molar-refractivity contribution is 9.10. The maximum Gasteiger partial charge on any atom is 0.0804 e. The van der Waals surface area contributed by atoms with Crippen LogP contribution in [0.1, 0.15) is 37.2 Å². The van der Waals surface area contributed by atoms with Crippen LogP contribution in [0, 0.1) is 17.8 Å². The lowest BCUT2D eigenvalue weighted by molar-refractivity contribution is -0.863. The molecule has 3 aliphatic carbocycles. The first-order valence-electron chi connectivity index (χ1n) is 7.69. The molecule has 0 amide bonds. The fourth-order valence-electron chi connectivity index (χ4n) is 4.54. The lowest BCUT2D eigenvalue weighted by Gasteiger charge is -2.49. The first kappa shape index (κ1) is 16.3. The normalized spacial score (nSPS) is 32.2. The second-order valence-electron chi connectivity index (χ2n) is 6.83. The molecule has 20 heavy (non-hydrogen) atoms. The monoisotopic (exact) mass is 357 g/mol. The molecule has 0 saturated heterocycles. The molecule has 0 radical (unpaired) electrons. The van der Waals surface area contributed by atoms with Gasteiger partial charge in [0.05, 0.1) is 20.6 Å². The quantitative estimate of drug-likeness (QED) is 0.783. The fraction of sp³-hybridized carbons (Fsp3) is 0.647. The van der Waals surface area contributed by atoms with Gasteiger partial charge in [-0.05, 0) is 61.1 Å². The van der Waals surface area contributed by atoms with Crippen molar-refractivity contribution in [3.8, 4) is 0 Å². The molecular weight excluding hydrogens is 334 g/mol. The zero-order valence-electron chi connectivity index (χ0n) is 12.4. The minimum atomic E-state index is 0. The van der Waals surface area contributed by atoms with Crippen molar-refractivity contribution in [2.75, 3.05) is 20.6 Å². The molecule has 0 spiro atoms. The van der Waals surface area contributed by atoms with Crippen molar-refractivity contribution in [2.24, 2.45) is 17.8 Å². The molecule has 112 valence electrons. The Morgan fingerprint density at radius 2 is 1.55 bits per heavy atom. The highest BCUT2D eigenvalue weighted by Crippen LogP contribution is 2.52. The number of hydrogen-bond acceptors (Lipinski definition) is 0. The molecule has 0 aromatic heterocycles. The van der Waals surface area contributed by atoms with Crippen molar-refractivity contribution in [2.45, 2.75) is 31.6 Å². The van der Waals surface area contributed by atoms with Gasteiger partial charge in [0.1, 0.15) is 0 Å². The van der Waals surface area contributed by atoms with Crippen LogP contribution in [-0.2, 0) is 0 Å². The van der Waals surface area contributed by atoms with Crippen molar-refractivity contribution in [1.29, 1.82) is 0 Å². The third kappa shape index (κ3) is 3.23. The summed E-state index contributed by atoms with van der Waals surface area (Å²) < 4.78 is 1.20. The van der Waals surface area contributed by atoms with Crippen LogP contribution in [0.3, 0.4) is 0 Å². The van der Waals surface area contributed by atoms with E-state index in [1.165, 1.54) is 36.7 Å². The summed E-state index contributed by atoms with van der Waals surface area (Å²) in [4.78, 5) is 1.61. The molecule has 1 unspecified atom stereocenters. The molecule has 3 heteroatoms. The van der Waals surface area contributed by atoms with Gasteiger partial charge in [-0.25, -0.2) is 0 Å². The van der Waals surface area contributed by atoms with Gasteiger partial charge in [0.25, 0.3) is 0 Å². The average Bonchev–Trinajstić information content (AvgIpc) is 2.41. The molecule has 1 N–H and O–H groups in total. The van der Waals surface area contributed by atoms with Crippen molar-refractivity contribution >= 4 is 15.9 Å². The molecular formula is C17H25BrClN. The SMILES string of the molecule is C[NH+](C)C[C@@H]1C2CCC(CC2)C1c1ccc(Br)cc1.[Cl-]. The van der Waals surface area contributed by atoms with Crippen LogP contribution in [0.25, 0.3) is 0 Å². The molecule has 0 heterocycles. The van der Waals surface area contributed by atoms with Gasteiger partial charge in [-0.3, -0.25) is 0 Å². The summed E-state index contributed by atoms with van der Waals surface area (Å²) in [5.74, 6) is 3.64. The van der Waals surface area contributed by atoms with E-state index in [0.29, 0.717) is 0 Å². The van der Waals surface area contributed by atoms with Crippen LogP contribution < -0.4 is 17.3 Å². The van der Waals surface area contributed by atoms with Crippen molar-refractivity contribution in [1.82, 2.24) is 0 Å². The van der Waals surface area contributed by atoms with Crippen LogP contribution >= 0.6 is 15.9 Å². The molecule has 3 aliphatic rings. The van der Waals surface area contributed by atoms with Crippen LogP contribution in [-0.4, -0.2) is 20.6 Å². The Balaban J connectivity index is 0.00000147. The van der Waals surface area contributed by atoms with E-state index in [4.69, 9.17) is 0 Å². The zero-order chi connectivity index (χ0) is 13.4. The number of benzene rings is 1. The minimum absolute atomic E-state index is 0. The predicted molar refractivity (Wildman–Crippen MR) is 83.5 cm³/mol. The Morgan fingerprint density at radius 3 is 2.10 bits per heavy atom. The highest BCUT2D eigenvalue weighted by Gasteiger charge is 2.45. The lowest BCUT2D eigenvalue weighted by Crippen LogP contribution is -3.06. The van der Waals surface area contributed by atoms with Gasteiger partial charge >= 0.3 is 0 Å². The van der Waals surface area contributed by atoms with Gasteiger partial charge in [-0.1, -0.05) is 28.1 Å². The summed E-state index contributed by atoms with van der Waals surface area (Å²) in [6, 6.07) is 9.15. The van der Waals surface area contributed by atoms with E-state index in [1.54, 1.807) is 10.5 Å².